The van der Waals surface area contributed by atoms with Crippen LogP contribution >= 0.6 is 0 Å². The third-order valence-electron chi connectivity index (χ3n) is 2.85. The van der Waals surface area contributed by atoms with Crippen LogP contribution in [-0.2, 0) is 4.79 Å². The predicted octanol–water partition coefficient (Wildman–Crippen LogP) is -0.379. The van der Waals surface area contributed by atoms with Gasteiger partial charge in [-0.3, -0.25) is 4.79 Å². The highest BCUT2D eigenvalue weighted by Gasteiger charge is 2.45. The SMILES string of the molecule is NC(=O)C1C2C=CC(C2)C1N. The molecule has 1 fully saturated rings. The maximum Gasteiger partial charge on any atom is 0.222 e. The van der Waals surface area contributed by atoms with Crippen LogP contribution in [0.5, 0.6) is 0 Å². The standard InChI is InChI=1S/C8H12N2O/c9-7-5-2-1-4(3-5)6(7)8(10)11/h1-2,4-7H,3,9H2,(H2,10,11). The van der Waals surface area contributed by atoms with E-state index in [2.05, 4.69) is 12.2 Å². The first kappa shape index (κ1) is 6.85. The van der Waals surface area contributed by atoms with Crippen LogP contribution in [0.3, 0.4) is 0 Å². The van der Waals surface area contributed by atoms with Crippen molar-refractivity contribution in [2.24, 2.45) is 29.2 Å². The molecular weight excluding hydrogens is 140 g/mol. The van der Waals surface area contributed by atoms with E-state index in [0.717, 1.165) is 6.42 Å². The van der Waals surface area contributed by atoms with Gasteiger partial charge >= 0.3 is 0 Å². The summed E-state index contributed by atoms with van der Waals surface area (Å²) >= 11 is 0. The zero-order valence-electron chi connectivity index (χ0n) is 6.23. The lowest BCUT2D eigenvalue weighted by Crippen LogP contribution is -2.41. The highest BCUT2D eigenvalue weighted by molar-refractivity contribution is 5.79. The number of fused-ring (bicyclic) bond motifs is 2. The molecule has 0 aromatic rings. The van der Waals surface area contributed by atoms with Crippen molar-refractivity contribution in [3.8, 4) is 0 Å². The molecule has 0 saturated heterocycles. The Morgan fingerprint density at radius 2 is 2.00 bits per heavy atom. The van der Waals surface area contributed by atoms with Crippen molar-refractivity contribution in [2.45, 2.75) is 12.5 Å². The Bertz CT molecular complexity index is 224. The van der Waals surface area contributed by atoms with Crippen molar-refractivity contribution in [3.63, 3.8) is 0 Å². The molecule has 4 atom stereocenters. The minimum atomic E-state index is -0.241. The molecule has 60 valence electrons. The largest absolute Gasteiger partial charge is 0.369 e. The number of nitrogens with two attached hydrogens (primary N) is 2. The van der Waals surface area contributed by atoms with Gasteiger partial charge < -0.3 is 11.5 Å². The molecule has 0 radical (unpaired) electrons. The summed E-state index contributed by atoms with van der Waals surface area (Å²) in [6, 6.07) is -0.0255. The number of primary amides is 1. The second kappa shape index (κ2) is 2.08. The number of carbonyl (C=O) groups is 1. The monoisotopic (exact) mass is 152 g/mol. The molecule has 1 amide bonds. The molecule has 0 aromatic carbocycles. The maximum absolute atomic E-state index is 10.9. The fourth-order valence-electron chi connectivity index (χ4n) is 2.26. The van der Waals surface area contributed by atoms with Crippen LogP contribution in [0.2, 0.25) is 0 Å². The minimum Gasteiger partial charge on any atom is -0.369 e. The van der Waals surface area contributed by atoms with Crippen molar-refractivity contribution in [1.29, 1.82) is 0 Å². The summed E-state index contributed by atoms with van der Waals surface area (Å²) < 4.78 is 0. The van der Waals surface area contributed by atoms with Crippen LogP contribution in [0.1, 0.15) is 6.42 Å². The van der Waals surface area contributed by atoms with E-state index >= 15 is 0 Å². The fourth-order valence-corrected chi connectivity index (χ4v) is 2.26. The molecule has 2 aliphatic carbocycles. The zero-order valence-corrected chi connectivity index (χ0v) is 6.23. The number of rotatable bonds is 1. The Kier molecular flexibility index (Phi) is 1.29. The Morgan fingerprint density at radius 3 is 2.36 bits per heavy atom. The summed E-state index contributed by atoms with van der Waals surface area (Å²) in [5.74, 6) is 0.379. The molecule has 4 N–H and O–H groups in total. The molecule has 11 heavy (non-hydrogen) atoms. The van der Waals surface area contributed by atoms with Crippen molar-refractivity contribution >= 4 is 5.91 Å². The highest BCUT2D eigenvalue weighted by atomic mass is 16.1. The van der Waals surface area contributed by atoms with Gasteiger partial charge in [0.15, 0.2) is 0 Å². The van der Waals surface area contributed by atoms with Gasteiger partial charge in [-0.15, -0.1) is 0 Å². The van der Waals surface area contributed by atoms with Gasteiger partial charge in [0.25, 0.3) is 0 Å². The van der Waals surface area contributed by atoms with Gasteiger partial charge in [0, 0.05) is 6.04 Å². The average Bonchev–Trinajstić information content (AvgIpc) is 2.44. The predicted molar refractivity (Wildman–Crippen MR) is 41.4 cm³/mol. The normalized spacial score (nSPS) is 46.6. The Labute approximate surface area is 65.4 Å². The summed E-state index contributed by atoms with van der Waals surface area (Å²) in [4.78, 5) is 10.9. The van der Waals surface area contributed by atoms with E-state index in [1.807, 2.05) is 0 Å². The Balaban J connectivity index is 2.25. The zero-order chi connectivity index (χ0) is 8.01. The molecule has 1 saturated carbocycles. The second-order valence-electron chi connectivity index (χ2n) is 3.45. The third kappa shape index (κ3) is 0.807. The molecule has 0 spiro atoms. The summed E-state index contributed by atoms with van der Waals surface area (Å²) in [5.41, 5.74) is 11.0. The smallest absolute Gasteiger partial charge is 0.222 e. The van der Waals surface area contributed by atoms with E-state index in [1.165, 1.54) is 0 Å². The van der Waals surface area contributed by atoms with E-state index in [-0.39, 0.29) is 17.9 Å². The molecule has 2 rings (SSSR count). The topological polar surface area (TPSA) is 69.1 Å². The molecule has 2 aliphatic rings. The first-order valence-corrected chi connectivity index (χ1v) is 3.93. The van der Waals surface area contributed by atoms with Crippen molar-refractivity contribution < 1.29 is 4.79 Å². The molecule has 3 heteroatoms. The number of hydrogen-bond donors (Lipinski definition) is 2. The number of allylic oxidation sites excluding steroid dienone is 1. The summed E-state index contributed by atoms with van der Waals surface area (Å²) in [6.07, 6.45) is 5.20. The maximum atomic E-state index is 10.9. The van der Waals surface area contributed by atoms with Gasteiger partial charge in [-0.25, -0.2) is 0 Å². The van der Waals surface area contributed by atoms with Crippen LogP contribution < -0.4 is 11.5 Å². The van der Waals surface area contributed by atoms with Crippen LogP contribution in [0.4, 0.5) is 0 Å². The van der Waals surface area contributed by atoms with Crippen molar-refractivity contribution in [3.05, 3.63) is 12.2 Å². The highest BCUT2D eigenvalue weighted by Crippen LogP contribution is 2.42. The van der Waals surface area contributed by atoms with Crippen LogP contribution in [0.15, 0.2) is 12.2 Å². The minimum absolute atomic E-state index is 0.0255. The summed E-state index contributed by atoms with van der Waals surface area (Å²) in [6.45, 7) is 0. The first-order chi connectivity index (χ1) is 5.20. The van der Waals surface area contributed by atoms with Crippen molar-refractivity contribution in [2.75, 3.05) is 0 Å². The first-order valence-electron chi connectivity index (χ1n) is 3.93. The second-order valence-corrected chi connectivity index (χ2v) is 3.45. The van der Waals surface area contributed by atoms with Crippen LogP contribution in [0.25, 0.3) is 0 Å². The van der Waals surface area contributed by atoms with Gasteiger partial charge in [-0.2, -0.15) is 0 Å². The number of amides is 1. The number of hydrogen-bond acceptors (Lipinski definition) is 2. The lowest BCUT2D eigenvalue weighted by Gasteiger charge is -2.20. The van der Waals surface area contributed by atoms with Crippen molar-refractivity contribution in [1.82, 2.24) is 0 Å². The van der Waals surface area contributed by atoms with Gasteiger partial charge in [0.05, 0.1) is 5.92 Å². The van der Waals surface area contributed by atoms with Gasteiger partial charge in [-0.1, -0.05) is 12.2 Å². The molecule has 3 nitrogen and oxygen atoms in total. The van der Waals surface area contributed by atoms with Gasteiger partial charge in [-0.05, 0) is 18.3 Å². The molecular formula is C8H12N2O. The average molecular weight is 152 g/mol. The molecule has 2 bridgehead atoms. The molecule has 0 aliphatic heterocycles. The number of carbonyl (C=O) groups excluding carboxylic acids is 1. The lowest BCUT2D eigenvalue weighted by molar-refractivity contribution is -0.122. The Hall–Kier alpha value is -0.830. The molecule has 0 aromatic heterocycles. The Morgan fingerprint density at radius 1 is 1.36 bits per heavy atom. The quantitative estimate of drug-likeness (QED) is 0.503. The van der Waals surface area contributed by atoms with E-state index in [4.69, 9.17) is 11.5 Å². The third-order valence-corrected chi connectivity index (χ3v) is 2.85. The van der Waals surface area contributed by atoms with Crippen LogP contribution in [0, 0.1) is 17.8 Å². The summed E-state index contributed by atoms with van der Waals surface area (Å²) in [5, 5.41) is 0. The van der Waals surface area contributed by atoms with Crippen LogP contribution in [-0.4, -0.2) is 11.9 Å². The van der Waals surface area contributed by atoms with E-state index in [0.29, 0.717) is 11.8 Å². The van der Waals surface area contributed by atoms with Gasteiger partial charge in [0.1, 0.15) is 0 Å². The van der Waals surface area contributed by atoms with E-state index in [9.17, 15) is 4.79 Å². The van der Waals surface area contributed by atoms with E-state index in [1.54, 1.807) is 0 Å². The fraction of sp³-hybridized carbons (Fsp3) is 0.625. The van der Waals surface area contributed by atoms with Gasteiger partial charge in [0.2, 0.25) is 5.91 Å². The molecule has 0 heterocycles. The molecule has 4 unspecified atom stereocenters. The summed E-state index contributed by atoms with van der Waals surface area (Å²) in [7, 11) is 0. The lowest BCUT2D eigenvalue weighted by atomic mass is 9.89. The van der Waals surface area contributed by atoms with E-state index < -0.39 is 0 Å².